The van der Waals surface area contributed by atoms with Crippen molar-refractivity contribution in [2.75, 3.05) is 23.3 Å². The summed E-state index contributed by atoms with van der Waals surface area (Å²) in [4.78, 5) is 34.3. The maximum atomic E-state index is 14.0. The third kappa shape index (κ3) is 3.77. The molecule has 144 valence electrons. The molecule has 0 saturated carbocycles. The molecular formula is C20H18BrFN4O2. The number of aromatic nitrogens is 2. The fourth-order valence-corrected chi connectivity index (χ4v) is 3.78. The van der Waals surface area contributed by atoms with Gasteiger partial charge in [-0.2, -0.15) is 0 Å². The first kappa shape index (κ1) is 18.6. The zero-order valence-electron chi connectivity index (χ0n) is 14.9. The van der Waals surface area contributed by atoms with E-state index in [2.05, 4.69) is 31.2 Å². The van der Waals surface area contributed by atoms with Gasteiger partial charge in [0.1, 0.15) is 5.82 Å². The summed E-state index contributed by atoms with van der Waals surface area (Å²) in [7, 11) is 0. The molecule has 0 radical (unpaired) electrons. The van der Waals surface area contributed by atoms with E-state index in [-0.39, 0.29) is 23.1 Å². The van der Waals surface area contributed by atoms with Gasteiger partial charge in [-0.1, -0.05) is 28.1 Å². The minimum absolute atomic E-state index is 0.145. The van der Waals surface area contributed by atoms with Gasteiger partial charge in [0.25, 0.3) is 5.56 Å². The fraction of sp³-hybridized carbons (Fsp3) is 0.250. The molecule has 6 nitrogen and oxygen atoms in total. The number of halogens is 2. The summed E-state index contributed by atoms with van der Waals surface area (Å²) in [5.41, 5.74) is 1.24. The number of benzene rings is 2. The second kappa shape index (κ2) is 7.71. The average molecular weight is 445 g/mol. The third-order valence-corrected chi connectivity index (χ3v) is 5.36. The molecule has 0 spiro atoms. The Bertz CT molecular complexity index is 1100. The lowest BCUT2D eigenvalue weighted by Crippen LogP contribution is -2.43. The lowest BCUT2D eigenvalue weighted by atomic mass is 9.97. The van der Waals surface area contributed by atoms with Crippen molar-refractivity contribution >= 4 is 44.4 Å². The van der Waals surface area contributed by atoms with E-state index in [1.165, 1.54) is 12.1 Å². The average Bonchev–Trinajstić information content (AvgIpc) is 2.69. The monoisotopic (exact) mass is 444 g/mol. The van der Waals surface area contributed by atoms with E-state index in [1.807, 2.05) is 23.1 Å². The van der Waals surface area contributed by atoms with Gasteiger partial charge >= 0.3 is 0 Å². The lowest BCUT2D eigenvalue weighted by Gasteiger charge is -2.32. The first-order chi connectivity index (χ1) is 13.5. The number of hydrogen-bond donors (Lipinski definition) is 2. The number of para-hydroxylation sites is 2. The predicted molar refractivity (Wildman–Crippen MR) is 110 cm³/mol. The van der Waals surface area contributed by atoms with Crippen molar-refractivity contribution < 1.29 is 9.18 Å². The molecule has 1 amide bonds. The number of H-pyrrole nitrogens is 1. The number of hydrogen-bond acceptors (Lipinski definition) is 4. The van der Waals surface area contributed by atoms with Crippen LogP contribution in [-0.2, 0) is 4.79 Å². The van der Waals surface area contributed by atoms with Crippen LogP contribution in [0.5, 0.6) is 0 Å². The van der Waals surface area contributed by atoms with Crippen LogP contribution in [0.15, 0.2) is 51.7 Å². The van der Waals surface area contributed by atoms with Crippen LogP contribution in [-0.4, -0.2) is 29.0 Å². The zero-order chi connectivity index (χ0) is 19.7. The topological polar surface area (TPSA) is 78.1 Å². The van der Waals surface area contributed by atoms with Crippen LogP contribution in [0.25, 0.3) is 11.0 Å². The summed E-state index contributed by atoms with van der Waals surface area (Å²) >= 11 is 3.20. The van der Waals surface area contributed by atoms with Crippen LogP contribution < -0.4 is 15.8 Å². The van der Waals surface area contributed by atoms with Gasteiger partial charge in [-0.15, -0.1) is 0 Å². The standard InChI is InChI=1S/C20H18BrFN4O2/c21-13-7-8-15(14(22)10-13)24-19(27)12-4-3-9-26(11-12)18-20(28)25-17-6-2-1-5-16(17)23-18/h1-2,5-8,10,12H,3-4,9,11H2,(H,24,27)(H,25,28)/t12-/m0/s1. The number of piperidine rings is 1. The van der Waals surface area contributed by atoms with Crippen LogP contribution in [0.3, 0.4) is 0 Å². The number of rotatable bonds is 3. The Balaban J connectivity index is 1.53. The van der Waals surface area contributed by atoms with Crippen molar-refractivity contribution in [3.05, 3.63) is 63.1 Å². The van der Waals surface area contributed by atoms with Crippen LogP contribution in [0.1, 0.15) is 12.8 Å². The number of fused-ring (bicyclic) bond motifs is 1. The number of nitrogens with one attached hydrogen (secondary N) is 2. The van der Waals surface area contributed by atoms with Crippen molar-refractivity contribution in [1.82, 2.24) is 9.97 Å². The summed E-state index contributed by atoms with van der Waals surface area (Å²) in [6.07, 6.45) is 1.42. The van der Waals surface area contributed by atoms with Gasteiger partial charge in [-0.25, -0.2) is 9.37 Å². The van der Waals surface area contributed by atoms with E-state index >= 15 is 0 Å². The first-order valence-electron chi connectivity index (χ1n) is 9.01. The number of aromatic amines is 1. The number of nitrogens with zero attached hydrogens (tertiary/aromatic N) is 2. The first-order valence-corrected chi connectivity index (χ1v) is 9.80. The molecule has 0 unspecified atom stereocenters. The number of carbonyl (C=O) groups excluding carboxylic acids is 1. The molecule has 1 aromatic heterocycles. The van der Waals surface area contributed by atoms with Gasteiger partial charge in [-0.3, -0.25) is 9.59 Å². The molecule has 1 saturated heterocycles. The highest BCUT2D eigenvalue weighted by Crippen LogP contribution is 2.24. The lowest BCUT2D eigenvalue weighted by molar-refractivity contribution is -0.120. The molecule has 2 heterocycles. The van der Waals surface area contributed by atoms with Gasteiger partial charge in [0.2, 0.25) is 5.91 Å². The molecule has 2 aromatic carbocycles. The van der Waals surface area contributed by atoms with Crippen molar-refractivity contribution in [1.29, 1.82) is 0 Å². The van der Waals surface area contributed by atoms with E-state index in [1.54, 1.807) is 12.1 Å². The van der Waals surface area contributed by atoms with Crippen LogP contribution in [0.4, 0.5) is 15.9 Å². The van der Waals surface area contributed by atoms with E-state index in [4.69, 9.17) is 0 Å². The highest BCUT2D eigenvalue weighted by molar-refractivity contribution is 9.10. The second-order valence-electron chi connectivity index (χ2n) is 6.81. The van der Waals surface area contributed by atoms with Gasteiger partial charge in [0.05, 0.1) is 22.6 Å². The van der Waals surface area contributed by atoms with Crippen LogP contribution in [0, 0.1) is 11.7 Å². The van der Waals surface area contributed by atoms with Gasteiger partial charge in [0, 0.05) is 17.6 Å². The molecule has 0 bridgehead atoms. The minimum Gasteiger partial charge on any atom is -0.351 e. The summed E-state index contributed by atoms with van der Waals surface area (Å²) < 4.78 is 14.6. The van der Waals surface area contributed by atoms with E-state index in [0.29, 0.717) is 40.8 Å². The summed E-state index contributed by atoms with van der Waals surface area (Å²) in [5.74, 6) is -0.804. The molecule has 1 aliphatic rings. The summed E-state index contributed by atoms with van der Waals surface area (Å²) in [6.45, 7) is 1.00. The molecule has 3 aromatic rings. The predicted octanol–water partition coefficient (Wildman–Crippen LogP) is 3.68. The number of anilines is 2. The Hall–Kier alpha value is -2.74. The fourth-order valence-electron chi connectivity index (χ4n) is 3.44. The van der Waals surface area contributed by atoms with Gasteiger partial charge in [-0.05, 0) is 43.2 Å². The Morgan fingerprint density at radius 2 is 2.11 bits per heavy atom. The van der Waals surface area contributed by atoms with Crippen molar-refractivity contribution in [2.45, 2.75) is 12.8 Å². The van der Waals surface area contributed by atoms with Crippen LogP contribution >= 0.6 is 15.9 Å². The molecule has 1 atom stereocenters. The summed E-state index contributed by atoms with van der Waals surface area (Å²) in [6, 6.07) is 11.8. The molecule has 0 aliphatic carbocycles. The molecule has 4 rings (SSSR count). The Morgan fingerprint density at radius 1 is 1.29 bits per heavy atom. The molecule has 1 aliphatic heterocycles. The maximum Gasteiger partial charge on any atom is 0.291 e. The Kier molecular flexibility index (Phi) is 5.13. The molecular weight excluding hydrogens is 427 g/mol. The highest BCUT2D eigenvalue weighted by Gasteiger charge is 2.28. The van der Waals surface area contributed by atoms with E-state index < -0.39 is 5.82 Å². The number of carbonyl (C=O) groups is 1. The maximum absolute atomic E-state index is 14.0. The Morgan fingerprint density at radius 3 is 2.93 bits per heavy atom. The minimum atomic E-state index is -0.497. The van der Waals surface area contributed by atoms with E-state index in [9.17, 15) is 14.0 Å². The SMILES string of the molecule is O=C(Nc1ccc(Br)cc1F)[C@H]1CCCN(c2nc3ccccc3[nH]c2=O)C1. The normalized spacial score (nSPS) is 16.9. The van der Waals surface area contributed by atoms with Gasteiger partial charge < -0.3 is 15.2 Å². The quantitative estimate of drug-likeness (QED) is 0.645. The highest BCUT2D eigenvalue weighted by atomic mass is 79.9. The van der Waals surface area contributed by atoms with Crippen molar-refractivity contribution in [3.8, 4) is 0 Å². The summed E-state index contributed by atoms with van der Waals surface area (Å²) in [5, 5.41) is 2.66. The van der Waals surface area contributed by atoms with E-state index in [0.717, 1.165) is 6.42 Å². The third-order valence-electron chi connectivity index (χ3n) is 4.86. The molecule has 8 heteroatoms. The zero-order valence-corrected chi connectivity index (χ0v) is 16.5. The Labute approximate surface area is 168 Å². The molecule has 28 heavy (non-hydrogen) atoms. The number of amides is 1. The second-order valence-corrected chi connectivity index (χ2v) is 7.72. The van der Waals surface area contributed by atoms with Crippen LogP contribution in [0.2, 0.25) is 0 Å². The smallest absolute Gasteiger partial charge is 0.291 e. The van der Waals surface area contributed by atoms with Gasteiger partial charge in [0.15, 0.2) is 5.82 Å². The van der Waals surface area contributed by atoms with Crippen molar-refractivity contribution in [2.24, 2.45) is 5.92 Å². The molecule has 2 N–H and O–H groups in total. The largest absolute Gasteiger partial charge is 0.351 e. The van der Waals surface area contributed by atoms with Crippen molar-refractivity contribution in [3.63, 3.8) is 0 Å². The molecule has 1 fully saturated rings.